The topological polar surface area (TPSA) is 117 Å². The molecule has 1 saturated heterocycles. The average Bonchev–Trinajstić information content (AvgIpc) is 3.42. The molecule has 0 radical (unpaired) electrons. The molecular formula is C19H22FN5O3S3. The Balaban J connectivity index is 1.47. The van der Waals surface area contributed by atoms with E-state index < -0.39 is 15.8 Å². The molecule has 12 heteroatoms. The van der Waals surface area contributed by atoms with Crippen molar-refractivity contribution >= 4 is 59.6 Å². The van der Waals surface area contributed by atoms with Gasteiger partial charge in [-0.25, -0.2) is 17.8 Å². The van der Waals surface area contributed by atoms with Crippen LogP contribution in [0.1, 0.15) is 12.8 Å². The first-order chi connectivity index (χ1) is 14.9. The molecule has 166 valence electrons. The fraction of sp³-hybridized carbons (Fsp3) is 0.368. The van der Waals surface area contributed by atoms with Crippen LogP contribution in [0.15, 0.2) is 33.9 Å². The zero-order chi connectivity index (χ0) is 22.0. The van der Waals surface area contributed by atoms with E-state index >= 15 is 0 Å². The minimum atomic E-state index is -3.87. The van der Waals surface area contributed by atoms with E-state index in [9.17, 15) is 17.6 Å². The molecule has 1 aliphatic heterocycles. The number of hydrogen-bond donors (Lipinski definition) is 3. The maximum atomic E-state index is 15.0. The van der Waals surface area contributed by atoms with Gasteiger partial charge in [-0.05, 0) is 49.5 Å². The summed E-state index contributed by atoms with van der Waals surface area (Å²) >= 11 is 2.03. The van der Waals surface area contributed by atoms with Crippen LogP contribution < -0.4 is 15.8 Å². The number of piperidine rings is 1. The zero-order valence-corrected chi connectivity index (χ0v) is 19.0. The summed E-state index contributed by atoms with van der Waals surface area (Å²) in [4.78, 5) is 19.1. The molecule has 0 bridgehead atoms. The molecule has 4 rings (SSSR count). The van der Waals surface area contributed by atoms with E-state index in [0.717, 1.165) is 55.1 Å². The molecular weight excluding hydrogens is 461 g/mol. The average molecular weight is 484 g/mol. The minimum absolute atomic E-state index is 0.0989. The second kappa shape index (κ2) is 9.17. The predicted molar refractivity (Wildman–Crippen MR) is 122 cm³/mol. The van der Waals surface area contributed by atoms with Crippen LogP contribution in [-0.2, 0) is 14.8 Å². The highest BCUT2D eigenvalue weighted by molar-refractivity contribution is 7.94. The van der Waals surface area contributed by atoms with Gasteiger partial charge in [0.15, 0.2) is 10.9 Å². The zero-order valence-electron chi connectivity index (χ0n) is 16.5. The number of likely N-dealkylation sites (tertiary alicyclic amines) is 1. The number of nitrogens with two attached hydrogens (primary N) is 1. The molecule has 0 saturated carbocycles. The molecule has 2 aromatic heterocycles. The number of nitrogens with zero attached hydrogens (tertiary/aromatic N) is 2. The van der Waals surface area contributed by atoms with Crippen molar-refractivity contribution in [2.75, 3.05) is 36.2 Å². The number of benzene rings is 1. The lowest BCUT2D eigenvalue weighted by atomic mass is 9.96. The van der Waals surface area contributed by atoms with Crippen molar-refractivity contribution in [3.05, 3.63) is 35.5 Å². The molecule has 0 unspecified atom stereocenters. The molecule has 1 aromatic carbocycles. The first-order valence-corrected chi connectivity index (χ1v) is 12.9. The van der Waals surface area contributed by atoms with E-state index in [4.69, 9.17) is 5.73 Å². The Hall–Kier alpha value is -2.12. The van der Waals surface area contributed by atoms with Crippen LogP contribution in [0, 0.1) is 11.7 Å². The SMILES string of the molecule is NCCN1CCC(C(=O)Nc2nc3ccc(NS(=O)(=O)c4cccs4)c(F)c3s2)CC1. The van der Waals surface area contributed by atoms with Crippen LogP contribution in [0.4, 0.5) is 15.2 Å². The fourth-order valence-corrected chi connectivity index (χ4v) is 6.47. The third-order valence-electron chi connectivity index (χ3n) is 5.14. The third kappa shape index (κ3) is 4.88. The van der Waals surface area contributed by atoms with Crippen molar-refractivity contribution in [3.63, 3.8) is 0 Å². The summed E-state index contributed by atoms with van der Waals surface area (Å²) in [5.41, 5.74) is 5.78. The Morgan fingerprint density at radius 1 is 1.29 bits per heavy atom. The number of rotatable bonds is 7. The van der Waals surface area contributed by atoms with Crippen molar-refractivity contribution in [2.45, 2.75) is 17.1 Å². The first-order valence-electron chi connectivity index (χ1n) is 9.76. The maximum Gasteiger partial charge on any atom is 0.271 e. The lowest BCUT2D eigenvalue weighted by molar-refractivity contribution is -0.121. The second-order valence-corrected chi connectivity index (χ2v) is 11.1. The molecule has 0 spiro atoms. The normalized spacial score (nSPS) is 15.9. The number of halogens is 1. The van der Waals surface area contributed by atoms with Gasteiger partial charge in [0.25, 0.3) is 10.0 Å². The van der Waals surface area contributed by atoms with Gasteiger partial charge in [-0.1, -0.05) is 17.4 Å². The fourth-order valence-electron chi connectivity index (χ4n) is 3.51. The van der Waals surface area contributed by atoms with E-state index in [0.29, 0.717) is 17.2 Å². The molecule has 1 amide bonds. The molecule has 4 N–H and O–H groups in total. The smallest absolute Gasteiger partial charge is 0.271 e. The number of thiophene rings is 1. The summed E-state index contributed by atoms with van der Waals surface area (Å²) in [6.45, 7) is 3.05. The number of carbonyl (C=O) groups excluding carboxylic acids is 1. The van der Waals surface area contributed by atoms with E-state index in [2.05, 4.69) is 19.9 Å². The second-order valence-electron chi connectivity index (χ2n) is 7.23. The summed E-state index contributed by atoms with van der Waals surface area (Å²) < 4.78 is 42.3. The van der Waals surface area contributed by atoms with Gasteiger partial charge in [-0.15, -0.1) is 11.3 Å². The quantitative estimate of drug-likeness (QED) is 0.476. The Bertz CT molecular complexity index is 1170. The van der Waals surface area contributed by atoms with Crippen molar-refractivity contribution in [3.8, 4) is 0 Å². The molecule has 1 aliphatic rings. The summed E-state index contributed by atoms with van der Waals surface area (Å²) in [5, 5.41) is 4.71. The lowest BCUT2D eigenvalue weighted by Crippen LogP contribution is -2.40. The number of carbonyl (C=O) groups is 1. The number of nitrogens with one attached hydrogen (secondary N) is 2. The number of amides is 1. The first kappa shape index (κ1) is 22.1. The van der Waals surface area contributed by atoms with Gasteiger partial charge in [0.05, 0.1) is 15.9 Å². The largest absolute Gasteiger partial charge is 0.329 e. The summed E-state index contributed by atoms with van der Waals surface area (Å²) in [5.74, 6) is -0.977. The lowest BCUT2D eigenvalue weighted by Gasteiger charge is -2.30. The number of sulfonamides is 1. The Morgan fingerprint density at radius 3 is 2.74 bits per heavy atom. The van der Waals surface area contributed by atoms with Gasteiger partial charge in [0.2, 0.25) is 5.91 Å². The Labute approximate surface area is 187 Å². The predicted octanol–water partition coefficient (Wildman–Crippen LogP) is 2.91. The summed E-state index contributed by atoms with van der Waals surface area (Å²) in [7, 11) is -3.87. The van der Waals surface area contributed by atoms with Gasteiger partial charge in [0, 0.05) is 19.0 Å². The highest BCUT2D eigenvalue weighted by Crippen LogP contribution is 2.34. The van der Waals surface area contributed by atoms with E-state index in [1.165, 1.54) is 18.2 Å². The number of anilines is 2. The van der Waals surface area contributed by atoms with Crippen molar-refractivity contribution in [2.24, 2.45) is 11.7 Å². The molecule has 31 heavy (non-hydrogen) atoms. The maximum absolute atomic E-state index is 15.0. The summed E-state index contributed by atoms with van der Waals surface area (Å²) in [6.07, 6.45) is 1.47. The number of fused-ring (bicyclic) bond motifs is 1. The van der Waals surface area contributed by atoms with Gasteiger partial charge in [-0.3, -0.25) is 9.52 Å². The summed E-state index contributed by atoms with van der Waals surface area (Å²) in [6, 6.07) is 5.92. The van der Waals surface area contributed by atoms with Crippen LogP contribution in [0.2, 0.25) is 0 Å². The number of thiazole rings is 1. The molecule has 8 nitrogen and oxygen atoms in total. The van der Waals surface area contributed by atoms with Gasteiger partial charge >= 0.3 is 0 Å². The Kier molecular flexibility index (Phi) is 6.53. The molecule has 3 aromatic rings. The van der Waals surface area contributed by atoms with Gasteiger partial charge < -0.3 is 16.0 Å². The van der Waals surface area contributed by atoms with Crippen molar-refractivity contribution in [1.29, 1.82) is 0 Å². The van der Waals surface area contributed by atoms with Crippen LogP contribution in [0.5, 0.6) is 0 Å². The van der Waals surface area contributed by atoms with E-state index in [1.807, 2.05) is 0 Å². The number of aromatic nitrogens is 1. The van der Waals surface area contributed by atoms with Crippen molar-refractivity contribution < 1.29 is 17.6 Å². The minimum Gasteiger partial charge on any atom is -0.329 e. The Morgan fingerprint density at radius 2 is 2.06 bits per heavy atom. The monoisotopic (exact) mass is 483 g/mol. The molecule has 1 fully saturated rings. The highest BCUT2D eigenvalue weighted by Gasteiger charge is 2.26. The van der Waals surface area contributed by atoms with Crippen molar-refractivity contribution in [1.82, 2.24) is 9.88 Å². The van der Waals surface area contributed by atoms with Crippen LogP contribution >= 0.6 is 22.7 Å². The third-order valence-corrected chi connectivity index (χ3v) is 8.88. The van der Waals surface area contributed by atoms with Gasteiger partial charge in [-0.2, -0.15) is 0 Å². The van der Waals surface area contributed by atoms with Gasteiger partial charge in [0.1, 0.15) is 4.21 Å². The highest BCUT2D eigenvalue weighted by atomic mass is 32.2. The molecule has 0 atom stereocenters. The van der Waals surface area contributed by atoms with E-state index in [-0.39, 0.29) is 26.4 Å². The standard InChI is InChI=1S/C19H22FN5O3S3/c20-16-13(24-31(27,28)15-2-1-11-29-15)3-4-14-17(16)30-19(22-14)23-18(26)12-5-8-25(9-6-12)10-7-21/h1-4,11-12,24H,5-10,21H2,(H,22,23,26). The van der Waals surface area contributed by atoms with Crippen LogP contribution in [0.25, 0.3) is 10.2 Å². The van der Waals surface area contributed by atoms with Crippen LogP contribution in [0.3, 0.4) is 0 Å². The van der Waals surface area contributed by atoms with Crippen LogP contribution in [-0.4, -0.2) is 50.4 Å². The number of hydrogen-bond acceptors (Lipinski definition) is 8. The molecule has 3 heterocycles. The molecule has 0 aliphatic carbocycles. The van der Waals surface area contributed by atoms with E-state index in [1.54, 1.807) is 11.4 Å².